The lowest BCUT2D eigenvalue weighted by Gasteiger charge is -2.09. The third kappa shape index (κ3) is 3.22. The second-order valence-corrected chi connectivity index (χ2v) is 5.88. The number of rotatable bonds is 5. The van der Waals surface area contributed by atoms with E-state index in [-0.39, 0.29) is 0 Å². The number of hydrogen-bond donors (Lipinski definition) is 2. The van der Waals surface area contributed by atoms with Crippen molar-refractivity contribution in [3.05, 3.63) is 41.5 Å². The molecule has 3 N–H and O–H groups in total. The molecule has 0 atom stereocenters. The van der Waals surface area contributed by atoms with E-state index in [0.717, 1.165) is 21.8 Å². The summed E-state index contributed by atoms with van der Waals surface area (Å²) in [5.74, 6) is 1.62. The number of aromatic nitrogens is 2. The van der Waals surface area contributed by atoms with Crippen LogP contribution in [0.5, 0.6) is 5.75 Å². The van der Waals surface area contributed by atoms with Crippen LogP contribution in [0.4, 0.5) is 11.5 Å². The number of aryl methyl sites for hydroxylation is 1. The molecule has 6 heteroatoms. The molecular formula is C15H16N4OS. The quantitative estimate of drug-likeness (QED) is 0.559. The Morgan fingerprint density at radius 1 is 1.29 bits per heavy atom. The molecule has 0 spiro atoms. The fraction of sp³-hybridized carbons (Fsp3) is 0.200. The van der Waals surface area contributed by atoms with Crippen LogP contribution in [0.25, 0.3) is 10.2 Å². The summed E-state index contributed by atoms with van der Waals surface area (Å²) in [6.07, 6.45) is 1.58. The van der Waals surface area contributed by atoms with Gasteiger partial charge >= 0.3 is 0 Å². The summed E-state index contributed by atoms with van der Waals surface area (Å²) in [7, 11) is 0. The number of nitrogen functional groups attached to an aromatic ring is 1. The van der Waals surface area contributed by atoms with Gasteiger partial charge < -0.3 is 15.8 Å². The molecule has 0 bridgehead atoms. The van der Waals surface area contributed by atoms with Crippen LogP contribution in [0, 0.1) is 6.92 Å². The van der Waals surface area contributed by atoms with Gasteiger partial charge in [0.2, 0.25) is 0 Å². The molecule has 0 radical (unpaired) electrons. The van der Waals surface area contributed by atoms with E-state index in [2.05, 4.69) is 28.3 Å². The predicted molar refractivity (Wildman–Crippen MR) is 87.0 cm³/mol. The van der Waals surface area contributed by atoms with Gasteiger partial charge in [-0.2, -0.15) is 0 Å². The van der Waals surface area contributed by atoms with Gasteiger partial charge in [0.15, 0.2) is 0 Å². The molecule has 108 valence electrons. The number of hydrogen-bond acceptors (Lipinski definition) is 6. The summed E-state index contributed by atoms with van der Waals surface area (Å²) in [5, 5.41) is 4.34. The second-order valence-electron chi connectivity index (χ2n) is 4.65. The van der Waals surface area contributed by atoms with Crippen molar-refractivity contribution in [3.63, 3.8) is 0 Å². The van der Waals surface area contributed by atoms with Crippen LogP contribution in [0.3, 0.4) is 0 Å². The highest BCUT2D eigenvalue weighted by Gasteiger charge is 2.06. The number of nitrogens with zero attached hydrogens (tertiary/aromatic N) is 2. The van der Waals surface area contributed by atoms with Gasteiger partial charge in [0.05, 0.1) is 11.9 Å². The highest BCUT2D eigenvalue weighted by Crippen LogP contribution is 2.27. The van der Waals surface area contributed by atoms with Crippen molar-refractivity contribution in [1.29, 1.82) is 0 Å². The number of ether oxygens (including phenoxy) is 1. The minimum absolute atomic E-state index is 0.540. The minimum Gasteiger partial charge on any atom is -0.492 e. The number of fused-ring (bicyclic) bond motifs is 1. The Labute approximate surface area is 126 Å². The highest BCUT2D eigenvalue weighted by molar-refractivity contribution is 7.18. The molecular weight excluding hydrogens is 284 g/mol. The average Bonchev–Trinajstić information content (AvgIpc) is 2.84. The van der Waals surface area contributed by atoms with Gasteiger partial charge in [-0.05, 0) is 25.1 Å². The normalized spacial score (nSPS) is 10.7. The van der Waals surface area contributed by atoms with Crippen LogP contribution in [0.1, 0.15) is 4.88 Å². The van der Waals surface area contributed by atoms with Crippen LogP contribution in [-0.2, 0) is 0 Å². The van der Waals surface area contributed by atoms with Crippen molar-refractivity contribution in [2.24, 2.45) is 0 Å². The molecule has 0 aliphatic carbocycles. The van der Waals surface area contributed by atoms with Crippen molar-refractivity contribution in [1.82, 2.24) is 9.97 Å². The zero-order chi connectivity index (χ0) is 14.7. The molecule has 0 aliphatic heterocycles. The third-order valence-corrected chi connectivity index (χ3v) is 3.93. The topological polar surface area (TPSA) is 73.1 Å². The second kappa shape index (κ2) is 5.97. The molecule has 5 nitrogen and oxygen atoms in total. The van der Waals surface area contributed by atoms with Crippen LogP contribution in [0.15, 0.2) is 36.7 Å². The summed E-state index contributed by atoms with van der Waals surface area (Å²) >= 11 is 1.67. The Hall–Kier alpha value is -2.34. The first-order valence-electron chi connectivity index (χ1n) is 6.66. The first-order chi connectivity index (χ1) is 10.2. The van der Waals surface area contributed by atoms with Crippen molar-refractivity contribution in [2.45, 2.75) is 6.92 Å². The molecule has 3 aromatic rings. The zero-order valence-corrected chi connectivity index (χ0v) is 12.5. The van der Waals surface area contributed by atoms with Gasteiger partial charge in [-0.25, -0.2) is 9.97 Å². The number of anilines is 2. The fourth-order valence-electron chi connectivity index (χ4n) is 2.06. The minimum atomic E-state index is 0.540. The maximum Gasteiger partial charge on any atom is 0.138 e. The molecule has 0 fully saturated rings. The van der Waals surface area contributed by atoms with E-state index in [1.54, 1.807) is 17.7 Å². The Bertz CT molecular complexity index is 756. The first-order valence-corrected chi connectivity index (χ1v) is 7.47. The average molecular weight is 300 g/mol. The number of nitrogens with two attached hydrogens (primary N) is 1. The highest BCUT2D eigenvalue weighted by atomic mass is 32.1. The zero-order valence-electron chi connectivity index (χ0n) is 11.7. The van der Waals surface area contributed by atoms with Gasteiger partial charge in [-0.15, -0.1) is 11.3 Å². The SMILES string of the molecule is Cc1cc2c(NCCOc3cccc(N)c3)ncnc2s1. The largest absolute Gasteiger partial charge is 0.492 e. The molecule has 1 aromatic carbocycles. The lowest BCUT2D eigenvalue weighted by molar-refractivity contribution is 0.333. The third-order valence-electron chi connectivity index (χ3n) is 2.97. The standard InChI is InChI=1S/C15H16N4OS/c1-10-7-13-14(18-9-19-15(13)21-10)17-5-6-20-12-4-2-3-11(16)8-12/h2-4,7-9H,5-6,16H2,1H3,(H,17,18,19). The summed E-state index contributed by atoms with van der Waals surface area (Å²) < 4.78 is 5.64. The van der Waals surface area contributed by atoms with Gasteiger partial charge in [-0.1, -0.05) is 6.07 Å². The van der Waals surface area contributed by atoms with E-state index < -0.39 is 0 Å². The monoisotopic (exact) mass is 300 g/mol. The molecule has 3 rings (SSSR count). The van der Waals surface area contributed by atoms with Crippen molar-refractivity contribution >= 4 is 33.1 Å². The molecule has 21 heavy (non-hydrogen) atoms. The molecule has 0 unspecified atom stereocenters. The fourth-order valence-corrected chi connectivity index (χ4v) is 2.91. The lowest BCUT2D eigenvalue weighted by atomic mass is 10.3. The molecule has 0 aliphatic rings. The Morgan fingerprint density at radius 3 is 3.05 bits per heavy atom. The summed E-state index contributed by atoms with van der Waals surface area (Å²) in [6.45, 7) is 3.27. The van der Waals surface area contributed by atoms with E-state index in [4.69, 9.17) is 10.5 Å². The lowest BCUT2D eigenvalue weighted by Crippen LogP contribution is -2.12. The van der Waals surface area contributed by atoms with Crippen molar-refractivity contribution in [2.75, 3.05) is 24.2 Å². The Kier molecular flexibility index (Phi) is 3.87. The van der Waals surface area contributed by atoms with Gasteiger partial charge in [-0.3, -0.25) is 0 Å². The van der Waals surface area contributed by atoms with Gasteiger partial charge in [0.25, 0.3) is 0 Å². The molecule has 2 heterocycles. The van der Waals surface area contributed by atoms with Gasteiger partial charge in [0, 0.05) is 16.6 Å². The van der Waals surface area contributed by atoms with Crippen LogP contribution < -0.4 is 15.8 Å². The van der Waals surface area contributed by atoms with Crippen LogP contribution in [-0.4, -0.2) is 23.1 Å². The summed E-state index contributed by atoms with van der Waals surface area (Å²) in [6, 6.07) is 9.51. The van der Waals surface area contributed by atoms with E-state index in [9.17, 15) is 0 Å². The molecule has 2 aromatic heterocycles. The van der Waals surface area contributed by atoms with Crippen molar-refractivity contribution < 1.29 is 4.74 Å². The van der Waals surface area contributed by atoms with Gasteiger partial charge in [0.1, 0.15) is 29.3 Å². The summed E-state index contributed by atoms with van der Waals surface area (Å²) in [5.41, 5.74) is 6.41. The van der Waals surface area contributed by atoms with E-state index in [1.165, 1.54) is 4.88 Å². The number of benzene rings is 1. The maximum absolute atomic E-state index is 5.71. The van der Waals surface area contributed by atoms with E-state index in [1.807, 2.05) is 24.3 Å². The maximum atomic E-state index is 5.71. The van der Waals surface area contributed by atoms with Crippen LogP contribution in [0.2, 0.25) is 0 Å². The number of nitrogens with one attached hydrogen (secondary N) is 1. The molecule has 0 amide bonds. The smallest absolute Gasteiger partial charge is 0.138 e. The summed E-state index contributed by atoms with van der Waals surface area (Å²) in [4.78, 5) is 10.8. The Morgan fingerprint density at radius 2 is 2.19 bits per heavy atom. The number of thiophene rings is 1. The van der Waals surface area contributed by atoms with E-state index in [0.29, 0.717) is 18.8 Å². The molecule has 0 saturated carbocycles. The molecule has 0 saturated heterocycles. The Balaban J connectivity index is 1.59. The van der Waals surface area contributed by atoms with E-state index >= 15 is 0 Å². The predicted octanol–water partition coefficient (Wildman–Crippen LogP) is 3.07. The van der Waals surface area contributed by atoms with Crippen LogP contribution >= 0.6 is 11.3 Å². The van der Waals surface area contributed by atoms with Crippen molar-refractivity contribution in [3.8, 4) is 5.75 Å². The first kappa shape index (κ1) is 13.6.